The van der Waals surface area contributed by atoms with E-state index in [0.29, 0.717) is 0 Å². The molecule has 11 heavy (non-hydrogen) atoms. The van der Waals surface area contributed by atoms with E-state index in [0.717, 1.165) is 19.3 Å². The Balaban J connectivity index is 2.47. The number of Topliss-reactive ketones (excluding diaryl/α,β-unsaturated/α-hetero) is 2. The van der Waals surface area contributed by atoms with E-state index < -0.39 is 0 Å². The van der Waals surface area contributed by atoms with Gasteiger partial charge in [0.15, 0.2) is 0 Å². The lowest BCUT2D eigenvalue weighted by Gasteiger charge is -2.03. The van der Waals surface area contributed by atoms with E-state index in [9.17, 15) is 9.59 Å². The van der Waals surface area contributed by atoms with Crippen LogP contribution < -0.4 is 0 Å². The normalized spacial score (nSPS) is 30.4. The Hall–Kier alpha value is -0.660. The highest BCUT2D eigenvalue weighted by atomic mass is 16.1. The van der Waals surface area contributed by atoms with Gasteiger partial charge in [0.25, 0.3) is 0 Å². The summed E-state index contributed by atoms with van der Waals surface area (Å²) in [5, 5.41) is 0. The smallest absolute Gasteiger partial charge is 0.132 e. The molecule has 2 heteroatoms. The van der Waals surface area contributed by atoms with Crippen LogP contribution in [0.25, 0.3) is 0 Å². The maximum atomic E-state index is 10.9. The van der Waals surface area contributed by atoms with Gasteiger partial charge in [0.05, 0.1) is 0 Å². The summed E-state index contributed by atoms with van der Waals surface area (Å²) in [5.41, 5.74) is 0. The van der Waals surface area contributed by atoms with Gasteiger partial charge in [-0.05, 0) is 33.1 Å². The molecule has 0 aliphatic heterocycles. The predicted octanol–water partition coefficient (Wildman–Crippen LogP) is 1.58. The van der Waals surface area contributed by atoms with Crippen LogP contribution in [0.5, 0.6) is 0 Å². The molecule has 0 saturated heterocycles. The number of rotatable bonds is 2. The quantitative estimate of drug-likeness (QED) is 0.605. The third-order valence-corrected chi connectivity index (χ3v) is 2.58. The second-order valence-corrected chi connectivity index (χ2v) is 3.43. The Labute approximate surface area is 67.0 Å². The van der Waals surface area contributed by atoms with Crippen LogP contribution in [0.1, 0.15) is 33.1 Å². The third kappa shape index (κ3) is 1.88. The standard InChI is InChI=1S/C9H14O2/c1-6(10)8-3-4-9(5-8)7(2)11/h8-9H,3-5H2,1-2H3/t8-,9+. The molecule has 1 aliphatic rings. The fourth-order valence-electron chi connectivity index (χ4n) is 1.72. The molecule has 1 rings (SSSR count). The topological polar surface area (TPSA) is 34.1 Å². The summed E-state index contributed by atoms with van der Waals surface area (Å²) in [5.74, 6) is 0.829. The van der Waals surface area contributed by atoms with Crippen molar-refractivity contribution < 1.29 is 9.59 Å². The summed E-state index contributed by atoms with van der Waals surface area (Å²) >= 11 is 0. The maximum absolute atomic E-state index is 10.9. The van der Waals surface area contributed by atoms with Crippen molar-refractivity contribution in [1.29, 1.82) is 0 Å². The summed E-state index contributed by atoms with van der Waals surface area (Å²) in [7, 11) is 0. The van der Waals surface area contributed by atoms with Gasteiger partial charge in [-0.25, -0.2) is 0 Å². The molecule has 0 N–H and O–H groups in total. The highest BCUT2D eigenvalue weighted by Gasteiger charge is 2.29. The molecule has 0 aromatic heterocycles. The van der Waals surface area contributed by atoms with E-state index in [4.69, 9.17) is 0 Å². The summed E-state index contributed by atoms with van der Waals surface area (Å²) in [6, 6.07) is 0. The molecule has 0 radical (unpaired) electrons. The average Bonchev–Trinajstić information content (AvgIpc) is 2.33. The van der Waals surface area contributed by atoms with Gasteiger partial charge in [0.2, 0.25) is 0 Å². The monoisotopic (exact) mass is 154 g/mol. The Kier molecular flexibility index (Phi) is 2.42. The summed E-state index contributed by atoms with van der Waals surface area (Å²) in [4.78, 5) is 21.8. The van der Waals surface area contributed by atoms with Gasteiger partial charge >= 0.3 is 0 Å². The van der Waals surface area contributed by atoms with Gasteiger partial charge in [-0.1, -0.05) is 0 Å². The zero-order valence-electron chi connectivity index (χ0n) is 7.09. The minimum Gasteiger partial charge on any atom is -0.300 e. The molecule has 0 bridgehead atoms. The van der Waals surface area contributed by atoms with Gasteiger partial charge < -0.3 is 0 Å². The number of ketones is 2. The third-order valence-electron chi connectivity index (χ3n) is 2.58. The predicted molar refractivity (Wildman–Crippen MR) is 42.2 cm³/mol. The van der Waals surface area contributed by atoms with Crippen molar-refractivity contribution in [3.63, 3.8) is 0 Å². The summed E-state index contributed by atoms with van der Waals surface area (Å²) < 4.78 is 0. The Bertz CT molecular complexity index is 164. The molecule has 62 valence electrons. The first-order chi connectivity index (χ1) is 5.11. The molecule has 1 fully saturated rings. The molecule has 1 saturated carbocycles. The van der Waals surface area contributed by atoms with Gasteiger partial charge in [0, 0.05) is 11.8 Å². The average molecular weight is 154 g/mol. The Morgan fingerprint density at radius 1 is 1.00 bits per heavy atom. The van der Waals surface area contributed by atoms with Gasteiger partial charge in [0.1, 0.15) is 11.6 Å². The molecule has 2 atom stereocenters. The molecular formula is C9H14O2. The van der Waals surface area contributed by atoms with Crippen LogP contribution in [0.3, 0.4) is 0 Å². The van der Waals surface area contributed by atoms with Crippen molar-refractivity contribution in [2.75, 3.05) is 0 Å². The van der Waals surface area contributed by atoms with Gasteiger partial charge in [-0.15, -0.1) is 0 Å². The van der Waals surface area contributed by atoms with E-state index in [2.05, 4.69) is 0 Å². The lowest BCUT2D eigenvalue weighted by atomic mass is 9.99. The lowest BCUT2D eigenvalue weighted by Crippen LogP contribution is -2.10. The second-order valence-electron chi connectivity index (χ2n) is 3.43. The van der Waals surface area contributed by atoms with Crippen molar-refractivity contribution >= 4 is 11.6 Å². The Morgan fingerprint density at radius 2 is 1.36 bits per heavy atom. The Morgan fingerprint density at radius 3 is 1.55 bits per heavy atom. The van der Waals surface area contributed by atoms with Crippen LogP contribution in [0.15, 0.2) is 0 Å². The highest BCUT2D eigenvalue weighted by Crippen LogP contribution is 2.31. The first-order valence-corrected chi connectivity index (χ1v) is 4.12. The van der Waals surface area contributed by atoms with Gasteiger partial charge in [-0.3, -0.25) is 9.59 Å². The largest absolute Gasteiger partial charge is 0.300 e. The SMILES string of the molecule is CC(=O)[C@@H]1CC[C@H](C(C)=O)C1. The van der Waals surface area contributed by atoms with Crippen molar-refractivity contribution in [3.8, 4) is 0 Å². The van der Waals surface area contributed by atoms with Crippen molar-refractivity contribution in [2.45, 2.75) is 33.1 Å². The molecular weight excluding hydrogens is 140 g/mol. The van der Waals surface area contributed by atoms with E-state index >= 15 is 0 Å². The van der Waals surface area contributed by atoms with E-state index in [1.165, 1.54) is 0 Å². The fourth-order valence-corrected chi connectivity index (χ4v) is 1.72. The number of hydrogen-bond acceptors (Lipinski definition) is 2. The minimum atomic E-state index is 0.170. The number of carbonyl (C=O) groups is 2. The maximum Gasteiger partial charge on any atom is 0.132 e. The van der Waals surface area contributed by atoms with Crippen LogP contribution in [0.2, 0.25) is 0 Å². The van der Waals surface area contributed by atoms with E-state index in [1.54, 1.807) is 13.8 Å². The number of carbonyl (C=O) groups excluding carboxylic acids is 2. The first kappa shape index (κ1) is 8.44. The molecule has 0 aromatic carbocycles. The fraction of sp³-hybridized carbons (Fsp3) is 0.778. The molecule has 0 heterocycles. The second kappa shape index (κ2) is 3.16. The van der Waals surface area contributed by atoms with Crippen LogP contribution >= 0.6 is 0 Å². The molecule has 1 aliphatic carbocycles. The van der Waals surface area contributed by atoms with Crippen molar-refractivity contribution in [1.82, 2.24) is 0 Å². The van der Waals surface area contributed by atoms with Crippen molar-refractivity contribution in [2.24, 2.45) is 11.8 Å². The zero-order chi connectivity index (χ0) is 8.43. The number of hydrogen-bond donors (Lipinski definition) is 0. The zero-order valence-corrected chi connectivity index (χ0v) is 7.09. The van der Waals surface area contributed by atoms with Crippen LogP contribution in [-0.2, 0) is 9.59 Å². The van der Waals surface area contributed by atoms with Crippen LogP contribution in [0.4, 0.5) is 0 Å². The van der Waals surface area contributed by atoms with E-state index in [-0.39, 0.29) is 23.4 Å². The molecule has 0 amide bonds. The molecule has 2 nitrogen and oxygen atoms in total. The molecule has 0 aromatic rings. The molecule has 0 unspecified atom stereocenters. The first-order valence-electron chi connectivity index (χ1n) is 4.12. The summed E-state index contributed by atoms with van der Waals surface area (Å²) in [6.45, 7) is 3.24. The van der Waals surface area contributed by atoms with Crippen molar-refractivity contribution in [3.05, 3.63) is 0 Å². The minimum absolute atomic E-state index is 0.170. The van der Waals surface area contributed by atoms with Crippen LogP contribution in [0, 0.1) is 11.8 Å². The van der Waals surface area contributed by atoms with Gasteiger partial charge in [-0.2, -0.15) is 0 Å². The van der Waals surface area contributed by atoms with Crippen LogP contribution in [-0.4, -0.2) is 11.6 Å². The molecule has 0 spiro atoms. The summed E-state index contributed by atoms with van der Waals surface area (Å²) in [6.07, 6.45) is 2.63. The highest BCUT2D eigenvalue weighted by molar-refractivity contribution is 5.82. The van der Waals surface area contributed by atoms with E-state index in [1.807, 2.05) is 0 Å². The lowest BCUT2D eigenvalue weighted by molar-refractivity contribution is -0.121.